The van der Waals surface area contributed by atoms with Gasteiger partial charge in [-0.3, -0.25) is 9.48 Å². The van der Waals surface area contributed by atoms with Crippen molar-refractivity contribution in [3.05, 3.63) is 70.7 Å². The second kappa shape index (κ2) is 7.45. The van der Waals surface area contributed by atoms with Gasteiger partial charge in [-0.15, -0.1) is 0 Å². The first-order valence-corrected chi connectivity index (χ1v) is 10.6. The molecule has 3 amide bonds. The van der Waals surface area contributed by atoms with Gasteiger partial charge >= 0.3 is 6.03 Å². The van der Waals surface area contributed by atoms with Crippen molar-refractivity contribution >= 4 is 17.6 Å². The topological polar surface area (TPSA) is 117 Å². The number of rotatable bonds is 3. The Bertz CT molecular complexity index is 1330. The highest BCUT2D eigenvalue weighted by molar-refractivity contribution is 6.00. The Balaban J connectivity index is 1.50. The van der Waals surface area contributed by atoms with Crippen LogP contribution in [0.2, 0.25) is 0 Å². The number of nitriles is 1. The number of carbonyl (C=O) groups excluding carboxylic acids is 2. The number of nitrogens with one attached hydrogen (secondary N) is 1. The Hall–Kier alpha value is -4.19. The van der Waals surface area contributed by atoms with E-state index in [2.05, 4.69) is 10.4 Å². The number of aromatic nitrogens is 2. The highest BCUT2D eigenvalue weighted by atomic mass is 19.1. The zero-order chi connectivity index (χ0) is 23.3. The molecule has 2 aliphatic rings. The maximum Gasteiger partial charge on any atom is 0.322 e. The third-order valence-electron chi connectivity index (χ3n) is 6.40. The van der Waals surface area contributed by atoms with Crippen LogP contribution in [0.25, 0.3) is 11.3 Å². The molecule has 0 radical (unpaired) electrons. The molecule has 2 aromatic carbocycles. The van der Waals surface area contributed by atoms with E-state index < -0.39 is 5.91 Å². The van der Waals surface area contributed by atoms with Gasteiger partial charge in [0.25, 0.3) is 5.91 Å². The number of primary amides is 1. The molecular weight excluding hydrogens is 423 g/mol. The van der Waals surface area contributed by atoms with Crippen LogP contribution in [-0.2, 0) is 13.1 Å². The van der Waals surface area contributed by atoms with Gasteiger partial charge in [-0.25, -0.2) is 9.18 Å². The zero-order valence-corrected chi connectivity index (χ0v) is 17.9. The highest BCUT2D eigenvalue weighted by Crippen LogP contribution is 2.47. The van der Waals surface area contributed by atoms with Gasteiger partial charge in [0.1, 0.15) is 11.5 Å². The number of fused-ring (bicyclic) bond motifs is 1. The Morgan fingerprint density at radius 3 is 2.55 bits per heavy atom. The summed E-state index contributed by atoms with van der Waals surface area (Å²) in [5, 5.41) is 16.5. The molecular formula is C24H21FN6O2. The molecule has 1 saturated carbocycles. The largest absolute Gasteiger partial charge is 0.365 e. The SMILES string of the molecule is Cc1cc(-c2nn3c(c2C(N)=O)CN(C(=O)Nc2ccc(C#N)cc2)C2(CC2)C3)ccc1F. The number of urea groups is 1. The van der Waals surface area contributed by atoms with Crippen LogP contribution in [-0.4, -0.2) is 32.2 Å². The summed E-state index contributed by atoms with van der Waals surface area (Å²) in [5.74, 6) is -0.988. The fourth-order valence-corrected chi connectivity index (χ4v) is 4.40. The summed E-state index contributed by atoms with van der Waals surface area (Å²) in [4.78, 5) is 27.4. The molecule has 1 aliphatic heterocycles. The van der Waals surface area contributed by atoms with Crippen LogP contribution in [0.15, 0.2) is 42.5 Å². The summed E-state index contributed by atoms with van der Waals surface area (Å²) >= 11 is 0. The molecule has 1 aromatic heterocycles. The molecule has 0 saturated heterocycles. The average Bonchev–Trinajstić information content (AvgIpc) is 3.45. The van der Waals surface area contributed by atoms with Crippen molar-refractivity contribution in [3.63, 3.8) is 0 Å². The van der Waals surface area contributed by atoms with Crippen molar-refractivity contribution in [1.29, 1.82) is 5.26 Å². The van der Waals surface area contributed by atoms with E-state index in [-0.39, 0.29) is 29.5 Å². The van der Waals surface area contributed by atoms with E-state index in [4.69, 9.17) is 11.0 Å². The summed E-state index contributed by atoms with van der Waals surface area (Å²) < 4.78 is 15.5. The third-order valence-corrected chi connectivity index (χ3v) is 6.40. The lowest BCUT2D eigenvalue weighted by Gasteiger charge is -2.36. The number of nitrogens with two attached hydrogens (primary N) is 1. The lowest BCUT2D eigenvalue weighted by atomic mass is 10.0. The maximum atomic E-state index is 13.8. The van der Waals surface area contributed by atoms with Gasteiger partial charge in [-0.1, -0.05) is 0 Å². The van der Waals surface area contributed by atoms with E-state index in [1.807, 2.05) is 6.07 Å². The van der Waals surface area contributed by atoms with Crippen LogP contribution in [0.1, 0.15) is 40.0 Å². The zero-order valence-electron chi connectivity index (χ0n) is 17.9. The van der Waals surface area contributed by atoms with Crippen LogP contribution >= 0.6 is 0 Å². The quantitative estimate of drug-likeness (QED) is 0.642. The van der Waals surface area contributed by atoms with E-state index >= 15 is 0 Å². The maximum absolute atomic E-state index is 13.8. The number of carbonyl (C=O) groups is 2. The van der Waals surface area contributed by atoms with Crippen LogP contribution in [0.4, 0.5) is 14.9 Å². The number of hydrogen-bond acceptors (Lipinski definition) is 4. The summed E-state index contributed by atoms with van der Waals surface area (Å²) in [7, 11) is 0. The van der Waals surface area contributed by atoms with Crippen molar-refractivity contribution in [2.24, 2.45) is 5.73 Å². The number of aryl methyl sites for hydroxylation is 1. The Labute approximate surface area is 189 Å². The van der Waals surface area contributed by atoms with Gasteiger partial charge in [0.2, 0.25) is 0 Å². The van der Waals surface area contributed by atoms with Crippen LogP contribution in [0.5, 0.6) is 0 Å². The predicted octanol–water partition coefficient (Wildman–Crippen LogP) is 3.55. The van der Waals surface area contributed by atoms with Gasteiger partial charge in [0, 0.05) is 11.3 Å². The number of anilines is 1. The molecule has 3 N–H and O–H groups in total. The molecule has 166 valence electrons. The molecule has 0 atom stereocenters. The van der Waals surface area contributed by atoms with Crippen molar-refractivity contribution in [2.75, 3.05) is 5.32 Å². The van der Waals surface area contributed by atoms with Crippen LogP contribution in [0.3, 0.4) is 0 Å². The van der Waals surface area contributed by atoms with E-state index in [9.17, 15) is 14.0 Å². The number of benzene rings is 2. The molecule has 1 aliphatic carbocycles. The summed E-state index contributed by atoms with van der Waals surface area (Å²) in [6.07, 6.45) is 1.65. The average molecular weight is 444 g/mol. The van der Waals surface area contributed by atoms with Crippen LogP contribution < -0.4 is 11.1 Å². The summed E-state index contributed by atoms with van der Waals surface area (Å²) in [5.41, 5.74) is 8.68. The standard InChI is InChI=1S/C24H21FN6O2/c1-14-10-16(4-7-18(14)25)21-20(22(27)32)19-12-30(24(8-9-24)13-31(19)29-21)23(33)28-17-5-2-15(11-26)3-6-17/h2-7,10H,8-9,12-13H2,1H3,(H2,27,32)(H,28,33). The number of halogens is 1. The number of amides is 3. The number of nitrogens with zero attached hydrogens (tertiary/aromatic N) is 4. The van der Waals surface area contributed by atoms with E-state index in [1.54, 1.807) is 52.9 Å². The molecule has 1 fully saturated rings. The van der Waals surface area contributed by atoms with Crippen molar-refractivity contribution in [3.8, 4) is 17.3 Å². The van der Waals surface area contributed by atoms with E-state index in [0.29, 0.717) is 40.3 Å². The van der Waals surface area contributed by atoms with Crippen LogP contribution in [0, 0.1) is 24.1 Å². The van der Waals surface area contributed by atoms with Gasteiger partial charge in [-0.05, 0) is 67.8 Å². The van der Waals surface area contributed by atoms with E-state index in [0.717, 1.165) is 12.8 Å². The minimum atomic E-state index is -0.646. The molecule has 0 bridgehead atoms. The molecule has 33 heavy (non-hydrogen) atoms. The number of hydrogen-bond donors (Lipinski definition) is 2. The second-order valence-electron chi connectivity index (χ2n) is 8.59. The normalized spacial score (nSPS) is 15.6. The molecule has 1 spiro atoms. The Morgan fingerprint density at radius 2 is 1.94 bits per heavy atom. The van der Waals surface area contributed by atoms with Gasteiger partial charge in [0.15, 0.2) is 0 Å². The molecule has 2 heterocycles. The van der Waals surface area contributed by atoms with Gasteiger partial charge in [-0.2, -0.15) is 10.4 Å². The first-order valence-electron chi connectivity index (χ1n) is 10.6. The van der Waals surface area contributed by atoms with Crippen molar-refractivity contribution in [1.82, 2.24) is 14.7 Å². The first-order chi connectivity index (χ1) is 15.8. The predicted molar refractivity (Wildman–Crippen MR) is 119 cm³/mol. The monoisotopic (exact) mass is 444 g/mol. The van der Waals surface area contributed by atoms with Gasteiger partial charge in [0.05, 0.1) is 41.5 Å². The Kier molecular flexibility index (Phi) is 4.67. The van der Waals surface area contributed by atoms with Crippen molar-refractivity contribution < 1.29 is 14.0 Å². The molecule has 9 heteroatoms. The third kappa shape index (κ3) is 3.49. The van der Waals surface area contributed by atoms with E-state index in [1.165, 1.54) is 6.07 Å². The molecule has 3 aromatic rings. The first kappa shape index (κ1) is 20.7. The molecule has 8 nitrogen and oxygen atoms in total. The minimum absolute atomic E-state index is 0.174. The Morgan fingerprint density at radius 1 is 1.21 bits per heavy atom. The fraction of sp³-hybridized carbons (Fsp3) is 0.250. The lowest BCUT2D eigenvalue weighted by Crippen LogP contribution is -2.50. The molecule has 0 unspecified atom stereocenters. The fourth-order valence-electron chi connectivity index (χ4n) is 4.40. The van der Waals surface area contributed by atoms with Gasteiger partial charge < -0.3 is 16.0 Å². The highest BCUT2D eigenvalue weighted by Gasteiger charge is 2.54. The summed E-state index contributed by atoms with van der Waals surface area (Å²) in [6, 6.07) is 12.9. The van der Waals surface area contributed by atoms with Crippen molar-refractivity contribution in [2.45, 2.75) is 38.4 Å². The smallest absolute Gasteiger partial charge is 0.322 e. The second-order valence-corrected chi connectivity index (χ2v) is 8.59. The minimum Gasteiger partial charge on any atom is -0.365 e. The molecule has 5 rings (SSSR count). The lowest BCUT2D eigenvalue weighted by molar-refractivity contribution is 0.0992. The summed E-state index contributed by atoms with van der Waals surface area (Å²) in [6.45, 7) is 2.27.